The second-order valence-corrected chi connectivity index (χ2v) is 5.92. The van der Waals surface area contributed by atoms with Crippen molar-refractivity contribution in [2.75, 3.05) is 0 Å². The number of amides is 1. The Morgan fingerprint density at radius 3 is 2.28 bits per heavy atom. The summed E-state index contributed by atoms with van der Waals surface area (Å²) in [4.78, 5) is 12.0. The van der Waals surface area contributed by atoms with E-state index in [1.54, 1.807) is 0 Å². The summed E-state index contributed by atoms with van der Waals surface area (Å²) in [6, 6.07) is 0.672. The Bertz CT molecular complexity index is 243. The van der Waals surface area contributed by atoms with E-state index in [0.29, 0.717) is 30.3 Å². The highest BCUT2D eigenvalue weighted by Crippen LogP contribution is 2.26. The first kappa shape index (κ1) is 15.5. The van der Waals surface area contributed by atoms with Crippen LogP contribution >= 0.6 is 0 Å². The molecule has 106 valence electrons. The Balaban J connectivity index is 2.28. The van der Waals surface area contributed by atoms with Crippen LogP contribution in [0.3, 0.4) is 0 Å². The molecule has 3 heteroatoms. The molecular formula is C15H30N2O. The zero-order valence-electron chi connectivity index (χ0n) is 12.2. The fourth-order valence-electron chi connectivity index (χ4n) is 3.08. The van der Waals surface area contributed by atoms with Crippen molar-refractivity contribution in [1.29, 1.82) is 0 Å². The monoisotopic (exact) mass is 254 g/mol. The molecule has 1 rings (SSSR count). The number of hydrogen-bond acceptors (Lipinski definition) is 2. The van der Waals surface area contributed by atoms with Crippen LogP contribution in [-0.4, -0.2) is 18.0 Å². The van der Waals surface area contributed by atoms with Gasteiger partial charge in [0.25, 0.3) is 0 Å². The molecule has 3 nitrogen and oxygen atoms in total. The molecule has 0 aromatic rings. The molecule has 1 unspecified atom stereocenters. The minimum absolute atomic E-state index is 0.231. The van der Waals surface area contributed by atoms with Gasteiger partial charge in [0.1, 0.15) is 0 Å². The van der Waals surface area contributed by atoms with Gasteiger partial charge in [0.05, 0.1) is 0 Å². The lowest BCUT2D eigenvalue weighted by Crippen LogP contribution is -2.39. The first-order valence-electron chi connectivity index (χ1n) is 7.61. The van der Waals surface area contributed by atoms with Gasteiger partial charge in [-0.2, -0.15) is 0 Å². The summed E-state index contributed by atoms with van der Waals surface area (Å²) < 4.78 is 0. The summed E-state index contributed by atoms with van der Waals surface area (Å²) in [5.41, 5.74) is 5.88. The van der Waals surface area contributed by atoms with Crippen LogP contribution in [0.15, 0.2) is 0 Å². The number of nitrogens with two attached hydrogens (primary N) is 1. The first-order valence-corrected chi connectivity index (χ1v) is 7.61. The lowest BCUT2D eigenvalue weighted by Gasteiger charge is -2.27. The lowest BCUT2D eigenvalue weighted by molar-refractivity contribution is -0.123. The fraction of sp³-hybridized carbons (Fsp3) is 0.933. The largest absolute Gasteiger partial charge is 0.353 e. The highest BCUT2D eigenvalue weighted by atomic mass is 16.1. The van der Waals surface area contributed by atoms with Gasteiger partial charge in [0.15, 0.2) is 0 Å². The van der Waals surface area contributed by atoms with Crippen LogP contribution < -0.4 is 11.1 Å². The van der Waals surface area contributed by atoms with E-state index >= 15 is 0 Å². The first-order chi connectivity index (χ1) is 8.56. The Morgan fingerprint density at radius 1 is 1.22 bits per heavy atom. The van der Waals surface area contributed by atoms with Gasteiger partial charge in [0, 0.05) is 18.5 Å². The summed E-state index contributed by atoms with van der Waals surface area (Å²) >= 11 is 0. The number of nitrogens with one attached hydrogen (secondary N) is 1. The molecule has 1 atom stereocenters. The Labute approximate surface area is 112 Å². The molecule has 18 heavy (non-hydrogen) atoms. The van der Waals surface area contributed by atoms with Gasteiger partial charge in [-0.15, -0.1) is 0 Å². The Morgan fingerprint density at radius 2 is 1.78 bits per heavy atom. The average molecular weight is 254 g/mol. The average Bonchev–Trinajstić information content (AvgIpc) is 2.33. The molecule has 0 spiro atoms. The van der Waals surface area contributed by atoms with Crippen LogP contribution in [-0.2, 0) is 4.79 Å². The summed E-state index contributed by atoms with van der Waals surface area (Å²) in [6.07, 6.45) is 7.37. The van der Waals surface area contributed by atoms with Gasteiger partial charge in [-0.1, -0.05) is 26.7 Å². The van der Waals surface area contributed by atoms with Crippen LogP contribution in [0, 0.1) is 11.8 Å². The van der Waals surface area contributed by atoms with E-state index in [0.717, 1.165) is 38.5 Å². The van der Waals surface area contributed by atoms with Crippen molar-refractivity contribution in [2.45, 2.75) is 77.8 Å². The molecule has 0 aliphatic heterocycles. The standard InChI is InChI=1S/C15H30N2O/c1-4-13(5-2)11(3)17-15(18)10-12-6-8-14(16)9-7-12/h11-14H,4-10,16H2,1-3H3,(H,17,18). The van der Waals surface area contributed by atoms with Crippen LogP contribution in [0.5, 0.6) is 0 Å². The van der Waals surface area contributed by atoms with Gasteiger partial charge in [-0.25, -0.2) is 0 Å². The maximum absolute atomic E-state index is 12.0. The van der Waals surface area contributed by atoms with E-state index < -0.39 is 0 Å². The summed E-state index contributed by atoms with van der Waals surface area (Å²) in [6.45, 7) is 6.52. The molecule has 0 aromatic heterocycles. The van der Waals surface area contributed by atoms with E-state index in [1.807, 2.05) is 0 Å². The number of carbonyl (C=O) groups is 1. The molecule has 0 heterocycles. The molecule has 0 saturated heterocycles. The van der Waals surface area contributed by atoms with Gasteiger partial charge >= 0.3 is 0 Å². The predicted molar refractivity (Wildman–Crippen MR) is 76.2 cm³/mol. The lowest BCUT2D eigenvalue weighted by atomic mass is 9.84. The van der Waals surface area contributed by atoms with Gasteiger partial charge < -0.3 is 11.1 Å². The normalized spacial score (nSPS) is 26.1. The van der Waals surface area contributed by atoms with E-state index in [9.17, 15) is 4.79 Å². The molecule has 1 saturated carbocycles. The topological polar surface area (TPSA) is 55.1 Å². The van der Waals surface area contributed by atoms with E-state index in [2.05, 4.69) is 26.1 Å². The van der Waals surface area contributed by atoms with Gasteiger partial charge in [-0.05, 0) is 44.4 Å². The maximum atomic E-state index is 12.0. The van der Waals surface area contributed by atoms with Crippen molar-refractivity contribution in [3.8, 4) is 0 Å². The van der Waals surface area contributed by atoms with Crippen molar-refractivity contribution in [3.63, 3.8) is 0 Å². The molecule has 0 bridgehead atoms. The second kappa shape index (κ2) is 7.78. The number of carbonyl (C=O) groups excluding carboxylic acids is 1. The smallest absolute Gasteiger partial charge is 0.220 e. The van der Waals surface area contributed by atoms with Crippen LogP contribution in [0.2, 0.25) is 0 Å². The Hall–Kier alpha value is -0.570. The SMILES string of the molecule is CCC(CC)C(C)NC(=O)CC1CCC(N)CC1. The molecule has 1 aliphatic carbocycles. The molecule has 1 amide bonds. The highest BCUT2D eigenvalue weighted by molar-refractivity contribution is 5.76. The molecular weight excluding hydrogens is 224 g/mol. The third-order valence-corrected chi connectivity index (χ3v) is 4.51. The minimum atomic E-state index is 0.231. The molecule has 0 aromatic carbocycles. The summed E-state index contributed by atoms with van der Waals surface area (Å²) in [7, 11) is 0. The minimum Gasteiger partial charge on any atom is -0.353 e. The molecule has 0 radical (unpaired) electrons. The van der Waals surface area contributed by atoms with Crippen LogP contribution in [0.1, 0.15) is 65.7 Å². The number of rotatable bonds is 6. The highest BCUT2D eigenvalue weighted by Gasteiger charge is 2.22. The molecule has 3 N–H and O–H groups in total. The van der Waals surface area contributed by atoms with E-state index in [1.165, 1.54) is 0 Å². The second-order valence-electron chi connectivity index (χ2n) is 5.92. The summed E-state index contributed by atoms with van der Waals surface area (Å²) in [5, 5.41) is 3.17. The van der Waals surface area contributed by atoms with Crippen molar-refractivity contribution in [1.82, 2.24) is 5.32 Å². The zero-order chi connectivity index (χ0) is 13.5. The Kier molecular flexibility index (Phi) is 6.69. The van der Waals surface area contributed by atoms with Crippen molar-refractivity contribution < 1.29 is 4.79 Å². The molecule has 1 fully saturated rings. The third-order valence-electron chi connectivity index (χ3n) is 4.51. The van der Waals surface area contributed by atoms with Gasteiger partial charge in [0.2, 0.25) is 5.91 Å². The van der Waals surface area contributed by atoms with Crippen LogP contribution in [0.4, 0.5) is 0 Å². The molecule has 1 aliphatic rings. The van der Waals surface area contributed by atoms with Crippen molar-refractivity contribution in [2.24, 2.45) is 17.6 Å². The maximum Gasteiger partial charge on any atom is 0.220 e. The quantitative estimate of drug-likeness (QED) is 0.766. The van der Waals surface area contributed by atoms with E-state index in [4.69, 9.17) is 5.73 Å². The third kappa shape index (κ3) is 4.97. The van der Waals surface area contributed by atoms with Gasteiger partial charge in [-0.3, -0.25) is 4.79 Å². The predicted octanol–water partition coefficient (Wildman–Crippen LogP) is 2.83. The van der Waals surface area contributed by atoms with Crippen LogP contribution in [0.25, 0.3) is 0 Å². The zero-order valence-corrected chi connectivity index (χ0v) is 12.2. The van der Waals surface area contributed by atoms with Crippen molar-refractivity contribution in [3.05, 3.63) is 0 Å². The van der Waals surface area contributed by atoms with E-state index in [-0.39, 0.29) is 5.91 Å². The number of hydrogen-bond donors (Lipinski definition) is 2. The van der Waals surface area contributed by atoms with Crippen molar-refractivity contribution >= 4 is 5.91 Å². The fourth-order valence-corrected chi connectivity index (χ4v) is 3.08. The summed E-state index contributed by atoms with van der Waals surface area (Å²) in [5.74, 6) is 1.39.